The topological polar surface area (TPSA) is 161 Å². The second-order valence-electron chi connectivity index (χ2n) is 8.07. The first-order valence-corrected chi connectivity index (χ1v) is 11.1. The van der Waals surface area contributed by atoms with Crippen LogP contribution >= 0.6 is 0 Å². The van der Waals surface area contributed by atoms with Crippen LogP contribution in [0.1, 0.15) is 26.3 Å². The SMILES string of the molecule is Cc1ccc(NC(=O)c2cc3ccccc3c(/N=N/c3c(C(N)=O)cnn3-c3ncccn3)c2O)cc1. The molecule has 0 aliphatic heterocycles. The molecule has 11 nitrogen and oxygen atoms in total. The van der Waals surface area contributed by atoms with Crippen molar-refractivity contribution in [2.24, 2.45) is 16.0 Å². The van der Waals surface area contributed by atoms with Gasteiger partial charge in [-0.25, -0.2) is 9.97 Å². The van der Waals surface area contributed by atoms with Crippen LogP contribution in [-0.4, -0.2) is 36.7 Å². The molecule has 0 saturated heterocycles. The maximum Gasteiger partial charge on any atom is 0.259 e. The molecule has 0 unspecified atom stereocenters. The van der Waals surface area contributed by atoms with E-state index in [0.717, 1.165) is 5.56 Å². The van der Waals surface area contributed by atoms with E-state index < -0.39 is 11.8 Å². The number of aromatic hydroxyl groups is 1. The maximum absolute atomic E-state index is 13.1. The Morgan fingerprint density at radius 2 is 1.70 bits per heavy atom. The highest BCUT2D eigenvalue weighted by Gasteiger charge is 2.21. The standard InChI is InChI=1S/C26H20N8O3/c1-15-7-9-17(10-8-15)31-25(37)19-13-16-5-2-3-6-18(16)21(22(19)35)32-33-24-20(23(27)36)14-30-34(24)26-28-11-4-12-29-26/h2-14,35H,1H3,(H2,27,36)(H,31,37)/b33-32+. The fourth-order valence-corrected chi connectivity index (χ4v) is 3.68. The first-order chi connectivity index (χ1) is 17.9. The van der Waals surface area contributed by atoms with Crippen LogP contribution in [0.3, 0.4) is 0 Å². The number of benzene rings is 3. The number of primary amides is 1. The van der Waals surface area contributed by atoms with E-state index in [1.807, 2.05) is 19.1 Å². The molecule has 0 spiro atoms. The summed E-state index contributed by atoms with van der Waals surface area (Å²) in [6.45, 7) is 1.94. The summed E-state index contributed by atoms with van der Waals surface area (Å²) < 4.78 is 1.21. The van der Waals surface area contributed by atoms with Crippen molar-refractivity contribution in [1.82, 2.24) is 19.7 Å². The molecule has 3 aromatic carbocycles. The summed E-state index contributed by atoms with van der Waals surface area (Å²) >= 11 is 0. The van der Waals surface area contributed by atoms with Gasteiger partial charge in [0.25, 0.3) is 17.8 Å². The van der Waals surface area contributed by atoms with Gasteiger partial charge in [0.05, 0.1) is 11.8 Å². The summed E-state index contributed by atoms with van der Waals surface area (Å²) in [5.74, 6) is -1.57. The molecule has 2 aromatic heterocycles. The van der Waals surface area contributed by atoms with Crippen LogP contribution in [0.25, 0.3) is 16.7 Å². The number of amides is 2. The highest BCUT2D eigenvalue weighted by molar-refractivity contribution is 6.11. The number of aromatic nitrogens is 4. The van der Waals surface area contributed by atoms with Gasteiger partial charge in [-0.15, -0.1) is 10.2 Å². The van der Waals surface area contributed by atoms with Gasteiger partial charge in [-0.05, 0) is 36.6 Å². The quantitative estimate of drug-likeness (QED) is 0.294. The van der Waals surface area contributed by atoms with Crippen molar-refractivity contribution < 1.29 is 14.7 Å². The number of hydrogen-bond acceptors (Lipinski definition) is 8. The fraction of sp³-hybridized carbons (Fsp3) is 0.0385. The third-order valence-corrected chi connectivity index (χ3v) is 5.54. The van der Waals surface area contributed by atoms with Crippen molar-refractivity contribution in [3.8, 4) is 11.7 Å². The minimum Gasteiger partial charge on any atom is -0.505 e. The van der Waals surface area contributed by atoms with Crippen molar-refractivity contribution >= 4 is 39.8 Å². The predicted octanol–water partition coefficient (Wildman–Crippen LogP) is 4.60. The molecule has 0 aliphatic carbocycles. The van der Waals surface area contributed by atoms with Gasteiger partial charge in [-0.2, -0.15) is 9.78 Å². The third kappa shape index (κ3) is 4.60. The van der Waals surface area contributed by atoms with Crippen molar-refractivity contribution in [2.75, 3.05) is 5.32 Å². The number of phenols is 1. The number of carbonyl (C=O) groups is 2. The van der Waals surface area contributed by atoms with Gasteiger partial charge in [-0.3, -0.25) is 9.59 Å². The Bertz CT molecular complexity index is 1660. The van der Waals surface area contributed by atoms with Crippen LogP contribution in [0.2, 0.25) is 0 Å². The smallest absolute Gasteiger partial charge is 0.259 e. The van der Waals surface area contributed by atoms with E-state index in [1.165, 1.54) is 23.3 Å². The first kappa shape index (κ1) is 23.3. The third-order valence-electron chi connectivity index (χ3n) is 5.54. The molecule has 37 heavy (non-hydrogen) atoms. The molecule has 0 aliphatic rings. The Morgan fingerprint density at radius 3 is 2.43 bits per heavy atom. The number of hydrogen-bond donors (Lipinski definition) is 3. The van der Waals surface area contributed by atoms with E-state index in [-0.39, 0.29) is 34.3 Å². The molecule has 0 radical (unpaired) electrons. The molecule has 182 valence electrons. The summed E-state index contributed by atoms with van der Waals surface area (Å²) in [5, 5.41) is 27.6. The molecule has 2 amide bonds. The monoisotopic (exact) mass is 492 g/mol. The number of nitrogens with one attached hydrogen (secondary N) is 1. The maximum atomic E-state index is 13.1. The van der Waals surface area contributed by atoms with E-state index >= 15 is 0 Å². The number of nitrogens with zero attached hydrogens (tertiary/aromatic N) is 6. The summed E-state index contributed by atoms with van der Waals surface area (Å²) in [6.07, 6.45) is 4.24. The summed E-state index contributed by atoms with van der Waals surface area (Å²) in [5.41, 5.74) is 7.14. The number of carbonyl (C=O) groups excluding carboxylic acids is 2. The minimum absolute atomic E-state index is 0.00301. The number of azo groups is 1. The molecule has 5 aromatic rings. The minimum atomic E-state index is -0.781. The van der Waals surface area contributed by atoms with Crippen LogP contribution < -0.4 is 11.1 Å². The Morgan fingerprint density at radius 1 is 0.973 bits per heavy atom. The molecule has 0 atom stereocenters. The van der Waals surface area contributed by atoms with E-state index in [0.29, 0.717) is 16.5 Å². The normalized spacial score (nSPS) is 11.2. The lowest BCUT2D eigenvalue weighted by atomic mass is 10.0. The lowest BCUT2D eigenvalue weighted by Crippen LogP contribution is -2.12. The van der Waals surface area contributed by atoms with Crippen molar-refractivity contribution in [1.29, 1.82) is 0 Å². The average Bonchev–Trinajstić information content (AvgIpc) is 3.34. The fourth-order valence-electron chi connectivity index (χ4n) is 3.68. The van der Waals surface area contributed by atoms with Gasteiger partial charge in [0.2, 0.25) is 0 Å². The van der Waals surface area contributed by atoms with Gasteiger partial charge < -0.3 is 16.2 Å². The number of rotatable bonds is 6. The van der Waals surface area contributed by atoms with E-state index in [4.69, 9.17) is 5.73 Å². The summed E-state index contributed by atoms with van der Waals surface area (Å²) in [6, 6.07) is 17.6. The van der Waals surface area contributed by atoms with E-state index in [1.54, 1.807) is 48.5 Å². The Labute approximate surface area is 210 Å². The molecule has 0 saturated carbocycles. The van der Waals surface area contributed by atoms with E-state index in [9.17, 15) is 14.7 Å². The van der Waals surface area contributed by atoms with Crippen LogP contribution in [0.4, 0.5) is 17.2 Å². The molecule has 11 heteroatoms. The Balaban J connectivity index is 1.61. The van der Waals surface area contributed by atoms with E-state index in [2.05, 4.69) is 30.6 Å². The highest BCUT2D eigenvalue weighted by atomic mass is 16.3. The summed E-state index contributed by atoms with van der Waals surface area (Å²) in [7, 11) is 0. The van der Waals surface area contributed by atoms with Crippen LogP contribution in [0.15, 0.2) is 89.5 Å². The van der Waals surface area contributed by atoms with Crippen LogP contribution in [-0.2, 0) is 0 Å². The number of fused-ring (bicyclic) bond motifs is 1. The second-order valence-corrected chi connectivity index (χ2v) is 8.07. The largest absolute Gasteiger partial charge is 0.505 e. The lowest BCUT2D eigenvalue weighted by Gasteiger charge is -2.11. The zero-order valence-electron chi connectivity index (χ0n) is 19.5. The van der Waals surface area contributed by atoms with Gasteiger partial charge in [0.15, 0.2) is 11.6 Å². The molecular formula is C26H20N8O3. The molecule has 2 heterocycles. The average molecular weight is 492 g/mol. The zero-order valence-corrected chi connectivity index (χ0v) is 19.5. The Kier molecular flexibility index (Phi) is 6.08. The number of phenolic OH excluding ortho intramolecular Hbond substituents is 1. The van der Waals surface area contributed by atoms with Gasteiger partial charge in [-0.1, -0.05) is 42.0 Å². The lowest BCUT2D eigenvalue weighted by molar-refractivity contribution is 0.0997. The van der Waals surface area contributed by atoms with Crippen LogP contribution in [0, 0.1) is 6.92 Å². The van der Waals surface area contributed by atoms with Crippen LogP contribution in [0.5, 0.6) is 5.75 Å². The number of nitrogens with two attached hydrogens (primary N) is 1. The molecule has 0 bridgehead atoms. The van der Waals surface area contributed by atoms with Crippen molar-refractivity contribution in [2.45, 2.75) is 6.92 Å². The molecule has 5 rings (SSSR count). The van der Waals surface area contributed by atoms with Gasteiger partial charge >= 0.3 is 0 Å². The van der Waals surface area contributed by atoms with Gasteiger partial charge in [0.1, 0.15) is 11.3 Å². The van der Waals surface area contributed by atoms with Crippen molar-refractivity contribution in [3.05, 3.63) is 95.9 Å². The number of aryl methyl sites for hydroxylation is 1. The van der Waals surface area contributed by atoms with Crippen molar-refractivity contribution in [3.63, 3.8) is 0 Å². The summed E-state index contributed by atoms with van der Waals surface area (Å²) in [4.78, 5) is 33.4. The predicted molar refractivity (Wildman–Crippen MR) is 137 cm³/mol. The second kappa shape index (κ2) is 9.66. The molecule has 4 N–H and O–H groups in total. The molecule has 0 fully saturated rings. The zero-order chi connectivity index (χ0) is 25.9. The first-order valence-electron chi connectivity index (χ1n) is 11.1. The highest BCUT2D eigenvalue weighted by Crippen LogP contribution is 2.40. The Hall–Kier alpha value is -5.45. The number of anilines is 1. The van der Waals surface area contributed by atoms with Gasteiger partial charge in [0, 0.05) is 23.5 Å². The molecular weight excluding hydrogens is 472 g/mol.